The molecule has 0 spiro atoms. The average molecular weight is 594 g/mol. The first-order chi connectivity index (χ1) is 21.8. The van der Waals surface area contributed by atoms with Crippen molar-refractivity contribution in [3.8, 4) is 6.07 Å². The van der Waals surface area contributed by atoms with E-state index in [4.69, 9.17) is 28.4 Å². The Labute approximate surface area is 259 Å². The maximum atomic E-state index is 9.21. The number of hydrogen-bond acceptors (Lipinski definition) is 7. The van der Waals surface area contributed by atoms with Crippen LogP contribution in [0.4, 0.5) is 0 Å². The molecule has 0 radical (unpaired) electrons. The fourth-order valence-electron chi connectivity index (χ4n) is 5.10. The van der Waals surface area contributed by atoms with Crippen LogP contribution in [0.5, 0.6) is 0 Å². The highest BCUT2D eigenvalue weighted by Crippen LogP contribution is 2.31. The molecule has 0 aliphatic carbocycles. The van der Waals surface area contributed by atoms with Gasteiger partial charge in [-0.05, 0) is 22.3 Å². The van der Waals surface area contributed by atoms with Crippen LogP contribution in [0.2, 0.25) is 0 Å². The lowest BCUT2D eigenvalue weighted by Crippen LogP contribution is -2.61. The Kier molecular flexibility index (Phi) is 12.5. The summed E-state index contributed by atoms with van der Waals surface area (Å²) in [6, 6.07) is 42.2. The topological polar surface area (TPSA) is 79.2 Å². The van der Waals surface area contributed by atoms with Gasteiger partial charge >= 0.3 is 0 Å². The highest BCUT2D eigenvalue weighted by atomic mass is 16.7. The third kappa shape index (κ3) is 9.57. The molecule has 1 saturated heterocycles. The van der Waals surface area contributed by atoms with E-state index in [0.29, 0.717) is 26.4 Å². The highest BCUT2D eigenvalue weighted by Gasteiger charge is 2.49. The Hall–Kier alpha value is -3.87. The molecule has 1 fully saturated rings. The van der Waals surface area contributed by atoms with E-state index in [1.807, 2.05) is 121 Å². The van der Waals surface area contributed by atoms with E-state index < -0.39 is 30.7 Å². The van der Waals surface area contributed by atoms with Gasteiger partial charge in [-0.25, -0.2) is 0 Å². The van der Waals surface area contributed by atoms with E-state index in [9.17, 15) is 5.26 Å². The molecule has 1 unspecified atom stereocenters. The van der Waals surface area contributed by atoms with E-state index in [0.717, 1.165) is 22.3 Å². The van der Waals surface area contributed by atoms with Gasteiger partial charge in [0.2, 0.25) is 0 Å². The van der Waals surface area contributed by atoms with Crippen molar-refractivity contribution in [2.24, 2.45) is 0 Å². The quantitative estimate of drug-likeness (QED) is 0.135. The van der Waals surface area contributed by atoms with Crippen LogP contribution < -0.4 is 0 Å². The number of hydrogen-bond donors (Lipinski definition) is 0. The molecule has 0 bridgehead atoms. The molecule has 1 heterocycles. The number of ether oxygens (including phenoxy) is 6. The van der Waals surface area contributed by atoms with Crippen molar-refractivity contribution in [3.05, 3.63) is 144 Å². The summed E-state index contributed by atoms with van der Waals surface area (Å²) in [7, 11) is 0. The number of benzene rings is 4. The second kappa shape index (κ2) is 17.4. The Morgan fingerprint density at radius 3 is 1.43 bits per heavy atom. The largest absolute Gasteiger partial charge is 0.374 e. The summed E-state index contributed by atoms with van der Waals surface area (Å²) < 4.78 is 38.7. The second-order valence-corrected chi connectivity index (χ2v) is 10.6. The van der Waals surface area contributed by atoms with Gasteiger partial charge in [-0.2, -0.15) is 5.26 Å². The van der Waals surface area contributed by atoms with Crippen LogP contribution in [0.25, 0.3) is 0 Å². The molecular formula is C37H39NO6. The number of rotatable bonds is 16. The molecule has 0 aromatic heterocycles. The maximum absolute atomic E-state index is 9.21. The lowest BCUT2D eigenvalue weighted by molar-refractivity contribution is -0.328. The van der Waals surface area contributed by atoms with Crippen molar-refractivity contribution in [3.63, 3.8) is 0 Å². The van der Waals surface area contributed by atoms with Gasteiger partial charge in [-0.3, -0.25) is 0 Å². The summed E-state index contributed by atoms with van der Waals surface area (Å²) in [5.41, 5.74) is 4.14. The molecule has 4 aromatic rings. The lowest BCUT2D eigenvalue weighted by atomic mass is 9.97. The van der Waals surface area contributed by atoms with Gasteiger partial charge in [0.05, 0.1) is 52.1 Å². The Bertz CT molecular complexity index is 1380. The zero-order chi connectivity index (χ0) is 30.2. The van der Waals surface area contributed by atoms with E-state index in [2.05, 4.69) is 6.07 Å². The van der Waals surface area contributed by atoms with E-state index in [-0.39, 0.29) is 19.6 Å². The van der Waals surface area contributed by atoms with Crippen LogP contribution in [0, 0.1) is 11.3 Å². The van der Waals surface area contributed by atoms with Crippen molar-refractivity contribution in [1.29, 1.82) is 5.26 Å². The molecule has 5 rings (SSSR count). The minimum absolute atomic E-state index is 0.199. The number of nitriles is 1. The van der Waals surface area contributed by atoms with Crippen molar-refractivity contribution in [2.75, 3.05) is 13.2 Å². The third-order valence-corrected chi connectivity index (χ3v) is 7.34. The van der Waals surface area contributed by atoms with Crippen molar-refractivity contribution in [2.45, 2.75) is 63.6 Å². The molecule has 1 aliphatic heterocycles. The molecule has 0 saturated carbocycles. The second-order valence-electron chi connectivity index (χ2n) is 10.6. The fraction of sp³-hybridized carbons (Fsp3) is 0.324. The SMILES string of the molecule is N#CCCOC1O[C@H](COCc2ccccc2)[C@@H](OCc2ccccc2)[C@H](OCc2ccccc2)[C@H]1OCc1ccccc1. The van der Waals surface area contributed by atoms with Crippen LogP contribution in [0.15, 0.2) is 121 Å². The van der Waals surface area contributed by atoms with Crippen molar-refractivity contribution in [1.82, 2.24) is 0 Å². The summed E-state index contributed by atoms with van der Waals surface area (Å²) in [5, 5.41) is 9.21. The van der Waals surface area contributed by atoms with Gasteiger partial charge < -0.3 is 28.4 Å². The molecule has 7 nitrogen and oxygen atoms in total. The molecule has 44 heavy (non-hydrogen) atoms. The Balaban J connectivity index is 1.42. The maximum Gasteiger partial charge on any atom is 0.186 e. The predicted octanol–water partition coefficient (Wildman–Crippen LogP) is 6.61. The molecule has 1 aliphatic rings. The molecule has 4 aromatic carbocycles. The molecule has 228 valence electrons. The first kappa shape index (κ1) is 31.6. The molecule has 0 N–H and O–H groups in total. The van der Waals surface area contributed by atoms with E-state index in [1.165, 1.54) is 0 Å². The first-order valence-corrected chi connectivity index (χ1v) is 15.0. The third-order valence-electron chi connectivity index (χ3n) is 7.34. The summed E-state index contributed by atoms with van der Waals surface area (Å²) in [5.74, 6) is 0. The lowest BCUT2D eigenvalue weighted by Gasteiger charge is -2.45. The van der Waals surface area contributed by atoms with Gasteiger partial charge in [-0.1, -0.05) is 121 Å². The van der Waals surface area contributed by atoms with Gasteiger partial charge in [0.25, 0.3) is 0 Å². The normalized spacial score (nSPS) is 21.5. The van der Waals surface area contributed by atoms with Crippen LogP contribution in [0.1, 0.15) is 28.7 Å². The van der Waals surface area contributed by atoms with Crippen molar-refractivity contribution >= 4 is 0 Å². The summed E-state index contributed by atoms with van der Waals surface area (Å²) in [4.78, 5) is 0. The summed E-state index contributed by atoms with van der Waals surface area (Å²) in [6.07, 6.45) is -2.82. The van der Waals surface area contributed by atoms with Crippen molar-refractivity contribution < 1.29 is 28.4 Å². The predicted molar refractivity (Wildman–Crippen MR) is 166 cm³/mol. The molecular weight excluding hydrogens is 554 g/mol. The highest BCUT2D eigenvalue weighted by molar-refractivity contribution is 5.16. The first-order valence-electron chi connectivity index (χ1n) is 15.0. The fourth-order valence-corrected chi connectivity index (χ4v) is 5.10. The summed E-state index contributed by atoms with van der Waals surface area (Å²) in [6.45, 7) is 1.92. The molecule has 0 amide bonds. The van der Waals surface area contributed by atoms with E-state index in [1.54, 1.807) is 0 Å². The molecule has 7 heteroatoms. The standard InChI is InChI=1S/C37H39NO6/c38-22-13-23-40-37-36(43-27-32-20-11-4-12-21-32)35(42-26-31-18-9-3-10-19-31)34(41-25-30-16-7-2-8-17-30)33(44-37)28-39-24-29-14-5-1-6-15-29/h1-12,14-21,33-37H,13,23-28H2/t33-,34-,35+,36-,37?/m1/s1. The smallest absolute Gasteiger partial charge is 0.186 e. The van der Waals surface area contributed by atoms with Gasteiger partial charge in [0, 0.05) is 0 Å². The Morgan fingerprint density at radius 2 is 0.955 bits per heavy atom. The van der Waals surface area contributed by atoms with Crippen LogP contribution in [-0.4, -0.2) is 43.9 Å². The molecule has 5 atom stereocenters. The van der Waals surface area contributed by atoms with Gasteiger partial charge in [0.15, 0.2) is 6.29 Å². The zero-order valence-electron chi connectivity index (χ0n) is 24.8. The van der Waals surface area contributed by atoms with Crippen LogP contribution in [-0.2, 0) is 54.8 Å². The minimum atomic E-state index is -0.797. The summed E-state index contributed by atoms with van der Waals surface area (Å²) >= 11 is 0. The van der Waals surface area contributed by atoms with Crippen LogP contribution >= 0.6 is 0 Å². The number of nitrogens with zero attached hydrogens (tertiary/aromatic N) is 1. The van der Waals surface area contributed by atoms with Gasteiger partial charge in [0.1, 0.15) is 24.4 Å². The van der Waals surface area contributed by atoms with E-state index >= 15 is 0 Å². The van der Waals surface area contributed by atoms with Gasteiger partial charge in [-0.15, -0.1) is 0 Å². The van der Waals surface area contributed by atoms with Crippen LogP contribution in [0.3, 0.4) is 0 Å². The average Bonchev–Trinajstić information content (AvgIpc) is 3.08. The monoisotopic (exact) mass is 593 g/mol. The zero-order valence-corrected chi connectivity index (χ0v) is 24.8. The minimum Gasteiger partial charge on any atom is -0.374 e. The Morgan fingerprint density at radius 1 is 0.523 bits per heavy atom.